The number of hydrogen-bond acceptors (Lipinski definition) is 4. The SMILES string of the molecule is COC(=O)c1cc(Br)c(Oc2ccc(O)c(C(C)C)c2)c(Br)c1. The van der Waals surface area contributed by atoms with Crippen molar-refractivity contribution < 1.29 is 19.4 Å². The maximum absolute atomic E-state index is 11.6. The van der Waals surface area contributed by atoms with E-state index in [-0.39, 0.29) is 11.7 Å². The predicted molar refractivity (Wildman–Crippen MR) is 95.5 cm³/mol. The zero-order valence-corrected chi connectivity index (χ0v) is 16.1. The van der Waals surface area contributed by atoms with Crippen molar-refractivity contribution in [2.45, 2.75) is 19.8 Å². The highest BCUT2D eigenvalue weighted by atomic mass is 79.9. The molecule has 0 aromatic heterocycles. The number of hydrogen-bond donors (Lipinski definition) is 1. The van der Waals surface area contributed by atoms with E-state index in [9.17, 15) is 9.90 Å². The van der Waals surface area contributed by atoms with E-state index < -0.39 is 5.97 Å². The largest absolute Gasteiger partial charge is 0.508 e. The van der Waals surface area contributed by atoms with Crippen molar-refractivity contribution in [1.82, 2.24) is 0 Å². The van der Waals surface area contributed by atoms with Gasteiger partial charge in [0.2, 0.25) is 0 Å². The van der Waals surface area contributed by atoms with Gasteiger partial charge < -0.3 is 14.6 Å². The number of ether oxygens (including phenoxy) is 2. The first-order chi connectivity index (χ1) is 10.8. The summed E-state index contributed by atoms with van der Waals surface area (Å²) in [6.07, 6.45) is 0. The molecular formula is C17H16Br2O4. The maximum Gasteiger partial charge on any atom is 0.337 e. The zero-order chi connectivity index (χ0) is 17.1. The van der Waals surface area contributed by atoms with Gasteiger partial charge in [0, 0.05) is 5.56 Å². The van der Waals surface area contributed by atoms with E-state index in [0.717, 1.165) is 5.56 Å². The molecule has 23 heavy (non-hydrogen) atoms. The van der Waals surface area contributed by atoms with Gasteiger partial charge in [-0.15, -0.1) is 0 Å². The topological polar surface area (TPSA) is 55.8 Å². The van der Waals surface area contributed by atoms with Gasteiger partial charge in [0.1, 0.15) is 11.5 Å². The molecule has 2 aromatic rings. The Balaban J connectivity index is 2.37. The number of methoxy groups -OCH3 is 1. The van der Waals surface area contributed by atoms with E-state index in [1.165, 1.54) is 7.11 Å². The van der Waals surface area contributed by atoms with Crippen molar-refractivity contribution in [1.29, 1.82) is 0 Å². The standard InChI is InChI=1S/C17H16Br2O4/c1-9(2)12-8-11(4-5-15(12)20)23-16-13(18)6-10(7-14(16)19)17(21)22-3/h4-9,20H,1-3H3. The Kier molecular flexibility index (Phi) is 5.70. The van der Waals surface area contributed by atoms with Crippen LogP contribution in [0.25, 0.3) is 0 Å². The van der Waals surface area contributed by atoms with Crippen molar-refractivity contribution in [3.8, 4) is 17.2 Å². The monoisotopic (exact) mass is 442 g/mol. The summed E-state index contributed by atoms with van der Waals surface area (Å²) in [5.41, 5.74) is 1.22. The van der Waals surface area contributed by atoms with Crippen LogP contribution in [0.2, 0.25) is 0 Å². The summed E-state index contributed by atoms with van der Waals surface area (Å²) in [5, 5.41) is 9.88. The molecule has 1 N–H and O–H groups in total. The Morgan fingerprint density at radius 3 is 2.26 bits per heavy atom. The number of halogens is 2. The highest BCUT2D eigenvalue weighted by molar-refractivity contribution is 9.11. The van der Waals surface area contributed by atoms with Crippen LogP contribution in [-0.4, -0.2) is 18.2 Å². The first-order valence-corrected chi connectivity index (χ1v) is 8.50. The molecule has 0 spiro atoms. The lowest BCUT2D eigenvalue weighted by atomic mass is 10.0. The van der Waals surface area contributed by atoms with Gasteiger partial charge in [0.15, 0.2) is 5.75 Å². The zero-order valence-electron chi connectivity index (χ0n) is 12.9. The smallest absolute Gasteiger partial charge is 0.337 e. The normalized spacial score (nSPS) is 10.7. The van der Waals surface area contributed by atoms with Gasteiger partial charge in [-0.2, -0.15) is 0 Å². The fourth-order valence-corrected chi connectivity index (χ4v) is 3.42. The molecule has 0 radical (unpaired) electrons. The number of phenolic OH excluding ortho intramolecular Hbond substituents is 1. The third kappa shape index (κ3) is 4.06. The second-order valence-corrected chi connectivity index (χ2v) is 6.95. The predicted octanol–water partition coefficient (Wildman–Crippen LogP) is 5.62. The summed E-state index contributed by atoms with van der Waals surface area (Å²) >= 11 is 6.81. The van der Waals surface area contributed by atoms with Gasteiger partial charge in [0.25, 0.3) is 0 Å². The number of phenols is 1. The minimum Gasteiger partial charge on any atom is -0.508 e. The van der Waals surface area contributed by atoms with Crippen molar-refractivity contribution in [2.75, 3.05) is 7.11 Å². The minimum atomic E-state index is -0.426. The fraction of sp³-hybridized carbons (Fsp3) is 0.235. The fourth-order valence-electron chi connectivity index (χ4n) is 2.07. The van der Waals surface area contributed by atoms with Crippen LogP contribution in [0.15, 0.2) is 39.3 Å². The number of aromatic hydroxyl groups is 1. The summed E-state index contributed by atoms with van der Waals surface area (Å²) in [4.78, 5) is 11.6. The summed E-state index contributed by atoms with van der Waals surface area (Å²) in [5.74, 6) is 1.13. The molecule has 6 heteroatoms. The average molecular weight is 444 g/mol. The van der Waals surface area contributed by atoms with E-state index in [1.807, 2.05) is 13.8 Å². The lowest BCUT2D eigenvalue weighted by molar-refractivity contribution is 0.0600. The Hall–Kier alpha value is -1.53. The quantitative estimate of drug-likeness (QED) is 0.623. The van der Waals surface area contributed by atoms with Crippen LogP contribution in [-0.2, 0) is 4.74 Å². The Morgan fingerprint density at radius 2 is 1.74 bits per heavy atom. The van der Waals surface area contributed by atoms with E-state index in [2.05, 4.69) is 31.9 Å². The van der Waals surface area contributed by atoms with Gasteiger partial charge in [-0.3, -0.25) is 0 Å². The molecule has 122 valence electrons. The summed E-state index contributed by atoms with van der Waals surface area (Å²) in [6.45, 7) is 3.99. The first-order valence-electron chi connectivity index (χ1n) is 6.91. The molecular weight excluding hydrogens is 428 g/mol. The van der Waals surface area contributed by atoms with E-state index >= 15 is 0 Å². The van der Waals surface area contributed by atoms with E-state index in [1.54, 1.807) is 30.3 Å². The molecule has 0 atom stereocenters. The molecule has 0 aliphatic heterocycles. The summed E-state index contributed by atoms with van der Waals surface area (Å²) in [6, 6.07) is 8.36. The molecule has 0 aliphatic rings. The van der Waals surface area contributed by atoms with Gasteiger partial charge >= 0.3 is 5.97 Å². The third-order valence-corrected chi connectivity index (χ3v) is 4.44. The van der Waals surface area contributed by atoms with Crippen molar-refractivity contribution >= 4 is 37.8 Å². The molecule has 0 saturated carbocycles. The second-order valence-electron chi connectivity index (χ2n) is 5.24. The molecule has 2 rings (SSSR count). The van der Waals surface area contributed by atoms with Crippen LogP contribution in [0.5, 0.6) is 17.2 Å². The van der Waals surface area contributed by atoms with Crippen molar-refractivity contribution in [2.24, 2.45) is 0 Å². The molecule has 0 amide bonds. The van der Waals surface area contributed by atoms with Crippen LogP contribution in [0.4, 0.5) is 0 Å². The number of carbonyl (C=O) groups excluding carboxylic acids is 1. The van der Waals surface area contributed by atoms with Gasteiger partial charge in [0.05, 0.1) is 21.6 Å². The maximum atomic E-state index is 11.6. The van der Waals surface area contributed by atoms with Crippen molar-refractivity contribution in [3.05, 3.63) is 50.4 Å². The van der Waals surface area contributed by atoms with Crippen LogP contribution in [0.3, 0.4) is 0 Å². The second kappa shape index (κ2) is 7.36. The average Bonchev–Trinajstić information content (AvgIpc) is 2.51. The van der Waals surface area contributed by atoms with Crippen LogP contribution in [0, 0.1) is 0 Å². The third-order valence-electron chi connectivity index (χ3n) is 3.26. The highest BCUT2D eigenvalue weighted by Gasteiger charge is 2.15. The summed E-state index contributed by atoms with van der Waals surface area (Å²) in [7, 11) is 1.33. The molecule has 0 aliphatic carbocycles. The van der Waals surface area contributed by atoms with E-state index in [4.69, 9.17) is 9.47 Å². The van der Waals surface area contributed by atoms with Crippen molar-refractivity contribution in [3.63, 3.8) is 0 Å². The Labute approximate surface area is 151 Å². The summed E-state index contributed by atoms with van der Waals surface area (Å²) < 4.78 is 11.8. The highest BCUT2D eigenvalue weighted by Crippen LogP contribution is 2.39. The first kappa shape index (κ1) is 17.8. The van der Waals surface area contributed by atoms with Crippen LogP contribution < -0.4 is 4.74 Å². The van der Waals surface area contributed by atoms with E-state index in [0.29, 0.717) is 26.0 Å². The molecule has 0 unspecified atom stereocenters. The lowest BCUT2D eigenvalue weighted by Gasteiger charge is -2.14. The Morgan fingerprint density at radius 1 is 1.13 bits per heavy atom. The van der Waals surface area contributed by atoms with Gasteiger partial charge in [-0.1, -0.05) is 13.8 Å². The lowest BCUT2D eigenvalue weighted by Crippen LogP contribution is -2.02. The molecule has 2 aromatic carbocycles. The molecule has 0 fully saturated rings. The molecule has 4 nitrogen and oxygen atoms in total. The number of esters is 1. The minimum absolute atomic E-state index is 0.173. The van der Waals surface area contributed by atoms with Crippen LogP contribution >= 0.6 is 31.9 Å². The molecule has 0 saturated heterocycles. The van der Waals surface area contributed by atoms with Gasteiger partial charge in [-0.25, -0.2) is 4.79 Å². The molecule has 0 heterocycles. The molecule has 0 bridgehead atoms. The number of benzene rings is 2. The van der Waals surface area contributed by atoms with Crippen LogP contribution in [0.1, 0.15) is 35.7 Å². The Bertz CT molecular complexity index is 718. The van der Waals surface area contributed by atoms with Gasteiger partial charge in [-0.05, 0) is 68.1 Å². The number of carbonyl (C=O) groups is 1. The number of rotatable bonds is 4.